The topological polar surface area (TPSA) is 42.7 Å². The average Bonchev–Trinajstić information content (AvgIpc) is 3.08. The zero-order chi connectivity index (χ0) is 18.7. The van der Waals surface area contributed by atoms with Crippen LogP contribution in [0.3, 0.4) is 0 Å². The number of anilines is 1. The summed E-state index contributed by atoms with van der Waals surface area (Å²) in [5.41, 5.74) is -0.430. The lowest BCUT2D eigenvalue weighted by Gasteiger charge is -2.17. The normalized spacial score (nSPS) is 10.6. The number of carbonyl (C=O) groups is 1. The lowest BCUT2D eigenvalue weighted by Crippen LogP contribution is -2.27. The van der Waals surface area contributed by atoms with Gasteiger partial charge in [-0.15, -0.1) is 0 Å². The van der Waals surface area contributed by atoms with Crippen molar-refractivity contribution in [3.63, 3.8) is 0 Å². The molecule has 3 rings (SSSR count). The maximum atomic E-state index is 13.8. The number of carbonyl (C=O) groups excluding carboxylic acids is 1. The highest BCUT2D eigenvalue weighted by Gasteiger charge is 2.22. The van der Waals surface area contributed by atoms with Crippen LogP contribution in [-0.4, -0.2) is 13.0 Å². The first-order valence-electron chi connectivity index (χ1n) is 7.65. The van der Waals surface area contributed by atoms with Gasteiger partial charge in [-0.1, -0.05) is 28.1 Å². The number of halogens is 3. The molecule has 0 unspecified atom stereocenters. The molecule has 0 radical (unpaired) electrons. The molecule has 0 aliphatic rings. The van der Waals surface area contributed by atoms with Gasteiger partial charge in [-0.2, -0.15) is 0 Å². The number of hydrogen-bond donors (Lipinski definition) is 0. The van der Waals surface area contributed by atoms with Crippen LogP contribution in [0, 0.1) is 11.6 Å². The standard InChI is InChI=1S/C19H14BrF2NO3/c1-23(18-15(21)6-3-7-16(18)22)19(24)17-9-8-14(26-17)11-25-13-5-2-4-12(20)10-13/h2-10H,11H2,1H3. The fourth-order valence-electron chi connectivity index (χ4n) is 2.36. The molecular weight excluding hydrogens is 408 g/mol. The molecule has 0 saturated carbocycles. The van der Waals surface area contributed by atoms with Crippen LogP contribution >= 0.6 is 15.9 Å². The summed E-state index contributed by atoms with van der Waals surface area (Å²) in [6, 6.07) is 13.7. The van der Waals surface area contributed by atoms with Gasteiger partial charge in [-0.3, -0.25) is 4.79 Å². The van der Waals surface area contributed by atoms with Crippen molar-refractivity contribution < 1.29 is 22.7 Å². The van der Waals surface area contributed by atoms with Gasteiger partial charge in [0.1, 0.15) is 35.4 Å². The number of rotatable bonds is 5. The summed E-state index contributed by atoms with van der Waals surface area (Å²) in [5.74, 6) is -1.31. The molecule has 2 aromatic carbocycles. The summed E-state index contributed by atoms with van der Waals surface area (Å²) >= 11 is 3.35. The lowest BCUT2D eigenvalue weighted by molar-refractivity contribution is 0.0960. The molecule has 1 heterocycles. The van der Waals surface area contributed by atoms with E-state index in [2.05, 4.69) is 15.9 Å². The van der Waals surface area contributed by atoms with Gasteiger partial charge < -0.3 is 14.1 Å². The van der Waals surface area contributed by atoms with Crippen molar-refractivity contribution in [1.82, 2.24) is 0 Å². The highest BCUT2D eigenvalue weighted by Crippen LogP contribution is 2.24. The first-order valence-corrected chi connectivity index (χ1v) is 8.44. The second-order valence-corrected chi connectivity index (χ2v) is 6.36. The van der Waals surface area contributed by atoms with Crippen molar-refractivity contribution in [1.29, 1.82) is 0 Å². The second kappa shape index (κ2) is 7.70. The van der Waals surface area contributed by atoms with Crippen LogP contribution in [0.2, 0.25) is 0 Å². The first-order chi connectivity index (χ1) is 12.5. The Bertz CT molecular complexity index is 922. The van der Waals surface area contributed by atoms with Crippen LogP contribution in [0.25, 0.3) is 0 Å². The smallest absolute Gasteiger partial charge is 0.293 e. The number of para-hydroxylation sites is 1. The van der Waals surface area contributed by atoms with Gasteiger partial charge in [0.25, 0.3) is 5.91 Å². The zero-order valence-corrected chi connectivity index (χ0v) is 15.3. The molecular formula is C19H14BrF2NO3. The summed E-state index contributed by atoms with van der Waals surface area (Å²) in [7, 11) is 1.28. The molecule has 0 spiro atoms. The van der Waals surface area contributed by atoms with E-state index in [1.165, 1.54) is 19.2 Å². The van der Waals surface area contributed by atoms with Gasteiger partial charge in [0.2, 0.25) is 0 Å². The Labute approximate surface area is 157 Å². The molecule has 0 saturated heterocycles. The van der Waals surface area contributed by atoms with Crippen molar-refractivity contribution in [2.75, 3.05) is 11.9 Å². The fourth-order valence-corrected chi connectivity index (χ4v) is 2.74. The summed E-state index contributed by atoms with van der Waals surface area (Å²) in [4.78, 5) is 13.3. The lowest BCUT2D eigenvalue weighted by atomic mass is 10.2. The molecule has 1 aromatic heterocycles. The maximum absolute atomic E-state index is 13.8. The van der Waals surface area contributed by atoms with Gasteiger partial charge in [0, 0.05) is 11.5 Å². The molecule has 134 valence electrons. The maximum Gasteiger partial charge on any atom is 0.293 e. The quantitative estimate of drug-likeness (QED) is 0.570. The molecule has 0 atom stereocenters. The van der Waals surface area contributed by atoms with Crippen LogP contribution in [0.4, 0.5) is 14.5 Å². The van der Waals surface area contributed by atoms with E-state index in [-0.39, 0.29) is 12.4 Å². The predicted molar refractivity (Wildman–Crippen MR) is 96.3 cm³/mol. The van der Waals surface area contributed by atoms with Crippen molar-refractivity contribution >= 4 is 27.5 Å². The Morgan fingerprint density at radius 3 is 2.50 bits per heavy atom. The van der Waals surface area contributed by atoms with Crippen LogP contribution in [-0.2, 0) is 6.61 Å². The molecule has 26 heavy (non-hydrogen) atoms. The van der Waals surface area contributed by atoms with E-state index in [0.29, 0.717) is 11.5 Å². The fraction of sp³-hybridized carbons (Fsp3) is 0.105. The van der Waals surface area contributed by atoms with E-state index in [4.69, 9.17) is 9.15 Å². The van der Waals surface area contributed by atoms with Crippen molar-refractivity contribution in [3.8, 4) is 5.75 Å². The largest absolute Gasteiger partial charge is 0.486 e. The minimum absolute atomic E-state index is 0.0389. The number of benzene rings is 2. The van der Waals surface area contributed by atoms with Gasteiger partial charge in [-0.05, 0) is 42.5 Å². The molecule has 0 N–H and O–H groups in total. The average molecular weight is 422 g/mol. The van der Waals surface area contributed by atoms with E-state index < -0.39 is 23.2 Å². The van der Waals surface area contributed by atoms with E-state index >= 15 is 0 Å². The highest BCUT2D eigenvalue weighted by atomic mass is 79.9. The van der Waals surface area contributed by atoms with Crippen molar-refractivity contribution in [2.24, 2.45) is 0 Å². The first kappa shape index (κ1) is 18.1. The van der Waals surface area contributed by atoms with Crippen LogP contribution in [0.15, 0.2) is 63.5 Å². The third-order valence-electron chi connectivity index (χ3n) is 3.63. The molecule has 0 aliphatic heterocycles. The van der Waals surface area contributed by atoms with E-state index in [0.717, 1.165) is 21.5 Å². The predicted octanol–water partition coefficient (Wildman–Crippen LogP) is 5.18. The highest BCUT2D eigenvalue weighted by molar-refractivity contribution is 9.10. The summed E-state index contributed by atoms with van der Waals surface area (Å²) in [5, 5.41) is 0. The van der Waals surface area contributed by atoms with Gasteiger partial charge in [0.05, 0.1) is 0 Å². The number of nitrogens with zero attached hydrogens (tertiary/aromatic N) is 1. The minimum atomic E-state index is -0.828. The summed E-state index contributed by atoms with van der Waals surface area (Å²) in [6.45, 7) is 0.113. The van der Waals surface area contributed by atoms with Crippen LogP contribution in [0.1, 0.15) is 16.3 Å². The van der Waals surface area contributed by atoms with E-state index in [1.54, 1.807) is 18.2 Å². The molecule has 1 amide bonds. The third-order valence-corrected chi connectivity index (χ3v) is 4.12. The van der Waals surface area contributed by atoms with Gasteiger partial charge >= 0.3 is 0 Å². The number of furan rings is 1. The van der Waals surface area contributed by atoms with Gasteiger partial charge in [0.15, 0.2) is 5.76 Å². The van der Waals surface area contributed by atoms with Crippen LogP contribution < -0.4 is 9.64 Å². The summed E-state index contributed by atoms with van der Waals surface area (Å²) < 4.78 is 39.6. The Kier molecular flexibility index (Phi) is 5.37. The second-order valence-electron chi connectivity index (χ2n) is 5.45. The monoisotopic (exact) mass is 421 g/mol. The minimum Gasteiger partial charge on any atom is -0.486 e. The van der Waals surface area contributed by atoms with E-state index in [9.17, 15) is 13.6 Å². The molecule has 0 fully saturated rings. The SMILES string of the molecule is CN(C(=O)c1ccc(COc2cccc(Br)c2)o1)c1c(F)cccc1F. The number of ether oxygens (including phenoxy) is 1. The molecule has 0 bridgehead atoms. The van der Waals surface area contributed by atoms with Gasteiger partial charge in [-0.25, -0.2) is 8.78 Å². The third kappa shape index (κ3) is 3.94. The Morgan fingerprint density at radius 1 is 1.12 bits per heavy atom. The molecule has 4 nitrogen and oxygen atoms in total. The van der Waals surface area contributed by atoms with Crippen LogP contribution in [0.5, 0.6) is 5.75 Å². The number of amides is 1. The zero-order valence-electron chi connectivity index (χ0n) is 13.7. The molecule has 7 heteroatoms. The Balaban J connectivity index is 1.71. The molecule has 3 aromatic rings. The van der Waals surface area contributed by atoms with Crippen molar-refractivity contribution in [3.05, 3.63) is 82.2 Å². The number of hydrogen-bond acceptors (Lipinski definition) is 3. The summed E-state index contributed by atoms with van der Waals surface area (Å²) in [6.07, 6.45) is 0. The Hall–Kier alpha value is -2.67. The van der Waals surface area contributed by atoms with E-state index in [1.807, 2.05) is 12.1 Å². The van der Waals surface area contributed by atoms with Crippen molar-refractivity contribution in [2.45, 2.75) is 6.61 Å². The Morgan fingerprint density at radius 2 is 1.81 bits per heavy atom. The molecule has 0 aliphatic carbocycles.